The Morgan fingerprint density at radius 2 is 1.28 bits per heavy atom. The number of rotatable bonds is 8. The predicted molar refractivity (Wildman–Crippen MR) is 136 cm³/mol. The van der Waals surface area contributed by atoms with Gasteiger partial charge < -0.3 is 4.74 Å². The molecule has 2 aliphatic rings. The number of ether oxygens (including phenoxy) is 1. The van der Waals surface area contributed by atoms with E-state index in [1.54, 1.807) is 24.3 Å². The van der Waals surface area contributed by atoms with Gasteiger partial charge in [-0.3, -0.25) is 29.0 Å². The standard InChI is InChI=1S/C29H28N2O5/c1-4-6-13-30-26(32)19-11-12-20-24-23(19)21(28(30)34)16-22(36-18-10-8-9-17(3)15-18)25(24)29(35)31(27(20)33)14-7-5-2/h8-12,15-16H,4-7,13-14H2,1-3H3. The minimum Gasteiger partial charge on any atom is -0.456 e. The molecule has 0 saturated carbocycles. The molecule has 0 fully saturated rings. The molecular formula is C29H28N2O5. The van der Waals surface area contributed by atoms with E-state index in [4.69, 9.17) is 4.74 Å². The van der Waals surface area contributed by atoms with Gasteiger partial charge in [0.15, 0.2) is 0 Å². The van der Waals surface area contributed by atoms with E-state index in [1.807, 2.05) is 39.0 Å². The number of unbranched alkanes of at least 4 members (excludes halogenated alkanes) is 2. The molecule has 4 amide bonds. The minimum atomic E-state index is -0.472. The Bertz CT molecular complexity index is 1440. The summed E-state index contributed by atoms with van der Waals surface area (Å²) in [4.78, 5) is 56.5. The van der Waals surface area contributed by atoms with Crippen molar-refractivity contribution in [3.8, 4) is 11.5 Å². The highest BCUT2D eigenvalue weighted by Crippen LogP contribution is 2.43. The lowest BCUT2D eigenvalue weighted by Crippen LogP contribution is -2.44. The summed E-state index contributed by atoms with van der Waals surface area (Å²) < 4.78 is 6.22. The van der Waals surface area contributed by atoms with Crippen LogP contribution in [0, 0.1) is 6.92 Å². The first-order chi connectivity index (χ1) is 17.4. The quantitative estimate of drug-likeness (QED) is 0.381. The van der Waals surface area contributed by atoms with E-state index < -0.39 is 23.6 Å². The molecule has 0 aliphatic carbocycles. The highest BCUT2D eigenvalue weighted by Gasteiger charge is 2.41. The van der Waals surface area contributed by atoms with Crippen molar-refractivity contribution in [3.05, 3.63) is 70.3 Å². The molecule has 0 unspecified atom stereocenters. The fourth-order valence-electron chi connectivity index (χ4n) is 4.96. The third-order valence-electron chi connectivity index (χ3n) is 6.82. The second kappa shape index (κ2) is 9.22. The Hall–Kier alpha value is -4.00. The zero-order chi connectivity index (χ0) is 25.6. The summed E-state index contributed by atoms with van der Waals surface area (Å²) in [5.41, 5.74) is 2.09. The molecule has 0 N–H and O–H groups in total. The van der Waals surface area contributed by atoms with E-state index in [-0.39, 0.29) is 23.4 Å². The maximum Gasteiger partial charge on any atom is 0.265 e. The zero-order valence-corrected chi connectivity index (χ0v) is 20.7. The van der Waals surface area contributed by atoms with E-state index in [0.717, 1.165) is 18.4 Å². The average molecular weight is 485 g/mol. The van der Waals surface area contributed by atoms with Gasteiger partial charge in [0.2, 0.25) is 0 Å². The first-order valence-electron chi connectivity index (χ1n) is 12.5. The lowest BCUT2D eigenvalue weighted by Gasteiger charge is -2.33. The average Bonchev–Trinajstić information content (AvgIpc) is 2.86. The van der Waals surface area contributed by atoms with Crippen molar-refractivity contribution in [3.63, 3.8) is 0 Å². The van der Waals surface area contributed by atoms with Crippen LogP contribution in [0.5, 0.6) is 11.5 Å². The van der Waals surface area contributed by atoms with Crippen LogP contribution < -0.4 is 4.74 Å². The van der Waals surface area contributed by atoms with Crippen LogP contribution in [0.4, 0.5) is 0 Å². The molecule has 36 heavy (non-hydrogen) atoms. The maximum absolute atomic E-state index is 13.7. The summed E-state index contributed by atoms with van der Waals surface area (Å²) in [5, 5.41) is 0.686. The molecule has 2 heterocycles. The second-order valence-corrected chi connectivity index (χ2v) is 9.36. The summed E-state index contributed by atoms with van der Waals surface area (Å²) >= 11 is 0. The van der Waals surface area contributed by atoms with Gasteiger partial charge >= 0.3 is 0 Å². The molecule has 0 spiro atoms. The first kappa shape index (κ1) is 23.7. The van der Waals surface area contributed by atoms with Crippen molar-refractivity contribution in [2.24, 2.45) is 0 Å². The molecule has 3 aromatic carbocycles. The Morgan fingerprint density at radius 3 is 1.89 bits per heavy atom. The molecule has 3 aromatic rings. The summed E-state index contributed by atoms with van der Waals surface area (Å²) in [6.07, 6.45) is 3.00. The van der Waals surface area contributed by atoms with Gasteiger partial charge in [0.1, 0.15) is 11.5 Å². The number of hydrogen-bond donors (Lipinski definition) is 0. The molecule has 0 atom stereocenters. The van der Waals surface area contributed by atoms with Gasteiger partial charge in [0.25, 0.3) is 23.6 Å². The van der Waals surface area contributed by atoms with E-state index in [2.05, 4.69) is 0 Å². The number of aryl methyl sites for hydroxylation is 1. The van der Waals surface area contributed by atoms with Gasteiger partial charge in [-0.1, -0.05) is 38.8 Å². The van der Waals surface area contributed by atoms with E-state index in [9.17, 15) is 19.2 Å². The van der Waals surface area contributed by atoms with Crippen molar-refractivity contribution < 1.29 is 23.9 Å². The maximum atomic E-state index is 13.7. The number of hydrogen-bond acceptors (Lipinski definition) is 5. The minimum absolute atomic E-state index is 0.207. The van der Waals surface area contributed by atoms with Crippen molar-refractivity contribution >= 4 is 34.4 Å². The molecule has 0 radical (unpaired) electrons. The van der Waals surface area contributed by atoms with E-state index >= 15 is 0 Å². The van der Waals surface area contributed by atoms with Crippen molar-refractivity contribution in [1.29, 1.82) is 0 Å². The lowest BCUT2D eigenvalue weighted by molar-refractivity contribution is 0.0585. The highest BCUT2D eigenvalue weighted by molar-refractivity contribution is 6.34. The fraction of sp³-hybridized carbons (Fsp3) is 0.310. The van der Waals surface area contributed by atoms with Crippen molar-refractivity contribution in [2.45, 2.75) is 46.5 Å². The van der Waals surface area contributed by atoms with Crippen molar-refractivity contribution in [2.75, 3.05) is 13.1 Å². The molecule has 5 rings (SSSR count). The smallest absolute Gasteiger partial charge is 0.265 e. The van der Waals surface area contributed by atoms with Gasteiger partial charge in [-0.15, -0.1) is 0 Å². The summed E-state index contributed by atoms with van der Waals surface area (Å²) in [6.45, 7) is 6.50. The first-order valence-corrected chi connectivity index (χ1v) is 12.5. The molecule has 0 saturated heterocycles. The largest absolute Gasteiger partial charge is 0.456 e. The lowest BCUT2D eigenvalue weighted by atomic mass is 9.85. The van der Waals surface area contributed by atoms with Crippen LogP contribution in [-0.4, -0.2) is 46.5 Å². The SMILES string of the molecule is CCCCN1C(=O)c2ccc3c4c(c(Oc5cccc(C)c5)cc(c24)C1=O)C(=O)N(CCCC)C3=O. The number of carbonyl (C=O) groups is 4. The fourth-order valence-corrected chi connectivity index (χ4v) is 4.96. The molecule has 7 nitrogen and oxygen atoms in total. The van der Waals surface area contributed by atoms with Crippen molar-refractivity contribution in [1.82, 2.24) is 9.80 Å². The summed E-state index contributed by atoms with van der Waals surface area (Å²) in [6, 6.07) is 12.2. The Kier molecular flexibility index (Phi) is 6.08. The van der Waals surface area contributed by atoms with Gasteiger partial charge in [-0.2, -0.15) is 0 Å². The molecule has 184 valence electrons. The predicted octanol–water partition coefficient (Wildman–Crippen LogP) is 5.73. The topological polar surface area (TPSA) is 84.0 Å². The van der Waals surface area contributed by atoms with Gasteiger partial charge in [-0.25, -0.2) is 0 Å². The van der Waals surface area contributed by atoms with Crippen LogP contribution in [0.15, 0.2) is 42.5 Å². The van der Waals surface area contributed by atoms with Gasteiger partial charge in [0.05, 0.1) is 11.1 Å². The third-order valence-corrected chi connectivity index (χ3v) is 6.82. The molecule has 0 aromatic heterocycles. The second-order valence-electron chi connectivity index (χ2n) is 9.36. The number of carbonyl (C=O) groups excluding carboxylic acids is 4. The Balaban J connectivity index is 1.78. The van der Waals surface area contributed by atoms with Crippen LogP contribution in [-0.2, 0) is 0 Å². The van der Waals surface area contributed by atoms with E-state index in [1.165, 1.54) is 9.80 Å². The van der Waals surface area contributed by atoms with Crippen LogP contribution in [0.2, 0.25) is 0 Å². The number of imide groups is 2. The zero-order valence-electron chi connectivity index (χ0n) is 20.7. The summed E-state index contributed by atoms with van der Waals surface area (Å²) in [7, 11) is 0. The van der Waals surface area contributed by atoms with Crippen LogP contribution in [0.25, 0.3) is 10.8 Å². The molecular weight excluding hydrogens is 456 g/mol. The normalized spacial score (nSPS) is 14.8. The van der Waals surface area contributed by atoms with E-state index in [0.29, 0.717) is 47.0 Å². The summed E-state index contributed by atoms with van der Waals surface area (Å²) in [5.74, 6) is -1.01. The number of nitrogens with zero attached hydrogens (tertiary/aromatic N) is 2. The third kappa shape index (κ3) is 3.66. The Morgan fingerprint density at radius 1 is 0.694 bits per heavy atom. The van der Waals surface area contributed by atoms with Crippen LogP contribution in [0.3, 0.4) is 0 Å². The molecule has 2 aliphatic heterocycles. The van der Waals surface area contributed by atoms with Crippen LogP contribution in [0.1, 0.15) is 86.5 Å². The Labute approximate surface area is 209 Å². The number of amides is 4. The van der Waals surface area contributed by atoms with Gasteiger partial charge in [-0.05, 0) is 55.7 Å². The van der Waals surface area contributed by atoms with Crippen LogP contribution >= 0.6 is 0 Å². The highest BCUT2D eigenvalue weighted by atomic mass is 16.5. The monoisotopic (exact) mass is 484 g/mol. The molecule has 7 heteroatoms. The molecule has 0 bridgehead atoms. The van der Waals surface area contributed by atoms with Gasteiger partial charge in [0, 0.05) is 35.0 Å². The number of benzene rings is 3.